The van der Waals surface area contributed by atoms with Crippen LogP contribution in [0.25, 0.3) is 0 Å². The maximum Gasteiger partial charge on any atom is 0.306 e. The van der Waals surface area contributed by atoms with Crippen LogP contribution in [0.2, 0.25) is 0 Å². The van der Waals surface area contributed by atoms with E-state index in [2.05, 4.69) is 0 Å². The molecule has 2 N–H and O–H groups in total. The summed E-state index contributed by atoms with van der Waals surface area (Å²) < 4.78 is 33.0. The van der Waals surface area contributed by atoms with Crippen LogP contribution in [0.3, 0.4) is 0 Å². The number of carbonyl (C=O) groups excluding carboxylic acids is 1. The van der Waals surface area contributed by atoms with Crippen molar-refractivity contribution in [1.82, 2.24) is 0 Å². The minimum atomic E-state index is -3.70. The molecular formula is C17H23NO5S. The van der Waals surface area contributed by atoms with E-state index in [9.17, 15) is 13.2 Å². The molecule has 132 valence electrons. The van der Waals surface area contributed by atoms with E-state index in [1.54, 1.807) is 0 Å². The van der Waals surface area contributed by atoms with Crippen LogP contribution >= 0.6 is 0 Å². The molecule has 0 unspecified atom stereocenters. The molecule has 2 aliphatic carbocycles. The Morgan fingerprint density at radius 1 is 1.12 bits per heavy atom. The van der Waals surface area contributed by atoms with Crippen LogP contribution in [0.4, 0.5) is 0 Å². The molecule has 6 nitrogen and oxygen atoms in total. The summed E-state index contributed by atoms with van der Waals surface area (Å²) in [5, 5.41) is 5.03. The fraction of sp³-hybridized carbons (Fsp3) is 0.588. The van der Waals surface area contributed by atoms with Crippen molar-refractivity contribution in [2.75, 3.05) is 13.2 Å². The number of primary sulfonamides is 1. The minimum absolute atomic E-state index is 0.0344. The lowest BCUT2D eigenvalue weighted by molar-refractivity contribution is -0.145. The van der Waals surface area contributed by atoms with Gasteiger partial charge in [0.25, 0.3) is 0 Å². The normalized spacial score (nSPS) is 25.6. The van der Waals surface area contributed by atoms with Gasteiger partial charge >= 0.3 is 5.97 Å². The third kappa shape index (κ3) is 4.27. The van der Waals surface area contributed by atoms with Gasteiger partial charge in [-0.2, -0.15) is 0 Å². The highest BCUT2D eigenvalue weighted by molar-refractivity contribution is 7.89. The van der Waals surface area contributed by atoms with Crippen molar-refractivity contribution in [2.45, 2.75) is 37.0 Å². The number of rotatable bonds is 7. The zero-order valence-corrected chi connectivity index (χ0v) is 14.3. The second-order valence-electron chi connectivity index (χ2n) is 6.72. The zero-order valence-electron chi connectivity index (χ0n) is 13.5. The number of hydrogen-bond donors (Lipinski definition) is 1. The molecule has 0 spiro atoms. The van der Waals surface area contributed by atoms with Gasteiger partial charge in [-0.05, 0) is 61.3 Å². The third-order valence-electron chi connectivity index (χ3n) is 5.08. The average Bonchev–Trinajstić information content (AvgIpc) is 3.14. The van der Waals surface area contributed by atoms with Gasteiger partial charge in [0.05, 0.1) is 4.90 Å². The molecule has 0 radical (unpaired) electrons. The molecular weight excluding hydrogens is 330 g/mol. The maximum atomic E-state index is 11.9. The van der Waals surface area contributed by atoms with Gasteiger partial charge in [0, 0.05) is 6.42 Å². The molecule has 3 atom stereocenters. The third-order valence-corrected chi connectivity index (χ3v) is 6.01. The molecule has 2 fully saturated rings. The van der Waals surface area contributed by atoms with Crippen molar-refractivity contribution in [2.24, 2.45) is 22.9 Å². The van der Waals surface area contributed by atoms with Crippen LogP contribution < -0.4 is 9.88 Å². The summed E-state index contributed by atoms with van der Waals surface area (Å²) in [6, 6.07) is 5.81. The topological polar surface area (TPSA) is 95.7 Å². The van der Waals surface area contributed by atoms with Crippen molar-refractivity contribution in [3.8, 4) is 5.75 Å². The second kappa shape index (κ2) is 7.11. The van der Waals surface area contributed by atoms with Gasteiger partial charge in [-0.3, -0.25) is 4.79 Å². The standard InChI is InChI=1S/C17H23NO5S/c18-24(20,21)16-5-3-15(4-6-16)22-7-8-23-17(19)11-14-10-12-1-2-13(14)9-12/h3-6,12-14H,1-2,7-11H2,(H2,18,20,21)/t12-,13+,14+/m0/s1. The molecule has 3 rings (SSSR count). The van der Waals surface area contributed by atoms with Crippen LogP contribution in [0.5, 0.6) is 5.75 Å². The Labute approximate surface area is 142 Å². The Kier molecular flexibility index (Phi) is 5.10. The summed E-state index contributed by atoms with van der Waals surface area (Å²) in [5.74, 6) is 2.41. The lowest BCUT2D eigenvalue weighted by Crippen LogP contribution is -2.19. The number of ether oxygens (including phenoxy) is 2. The van der Waals surface area contributed by atoms with Gasteiger partial charge < -0.3 is 9.47 Å². The maximum absolute atomic E-state index is 11.9. The van der Waals surface area contributed by atoms with Crippen LogP contribution in [0, 0.1) is 17.8 Å². The molecule has 0 heterocycles. The fourth-order valence-electron chi connectivity index (χ4n) is 3.94. The van der Waals surface area contributed by atoms with Crippen molar-refractivity contribution < 1.29 is 22.7 Å². The highest BCUT2D eigenvalue weighted by Gasteiger charge is 2.40. The van der Waals surface area contributed by atoms with Crippen molar-refractivity contribution in [3.05, 3.63) is 24.3 Å². The first kappa shape index (κ1) is 17.2. The summed E-state index contributed by atoms with van der Waals surface area (Å²) >= 11 is 0. The van der Waals surface area contributed by atoms with E-state index in [1.165, 1.54) is 49.9 Å². The Morgan fingerprint density at radius 3 is 2.46 bits per heavy atom. The number of esters is 1. The Bertz CT molecular complexity index is 685. The average molecular weight is 353 g/mol. The van der Waals surface area contributed by atoms with E-state index < -0.39 is 10.0 Å². The van der Waals surface area contributed by atoms with Crippen LogP contribution in [-0.4, -0.2) is 27.6 Å². The van der Waals surface area contributed by atoms with Gasteiger partial charge in [0.15, 0.2) is 0 Å². The molecule has 0 saturated heterocycles. The number of benzene rings is 1. The second-order valence-corrected chi connectivity index (χ2v) is 8.29. The largest absolute Gasteiger partial charge is 0.490 e. The van der Waals surface area contributed by atoms with Crippen molar-refractivity contribution in [3.63, 3.8) is 0 Å². The van der Waals surface area contributed by atoms with E-state index in [-0.39, 0.29) is 24.1 Å². The first-order chi connectivity index (χ1) is 11.4. The molecule has 0 aliphatic heterocycles. The smallest absolute Gasteiger partial charge is 0.306 e. The highest BCUT2D eigenvalue weighted by Crippen LogP contribution is 2.49. The van der Waals surface area contributed by atoms with Gasteiger partial charge in [0.2, 0.25) is 10.0 Å². The molecule has 7 heteroatoms. The summed E-state index contributed by atoms with van der Waals surface area (Å²) in [7, 11) is -3.70. The fourth-order valence-corrected chi connectivity index (χ4v) is 4.46. The number of hydrogen-bond acceptors (Lipinski definition) is 5. The van der Waals surface area contributed by atoms with Crippen molar-refractivity contribution >= 4 is 16.0 Å². The molecule has 2 bridgehead atoms. The Hall–Kier alpha value is -1.60. The minimum Gasteiger partial charge on any atom is -0.490 e. The van der Waals surface area contributed by atoms with Crippen LogP contribution in [-0.2, 0) is 19.6 Å². The molecule has 0 amide bonds. The molecule has 24 heavy (non-hydrogen) atoms. The first-order valence-electron chi connectivity index (χ1n) is 8.33. The molecule has 0 aromatic heterocycles. The predicted molar refractivity (Wildman–Crippen MR) is 87.8 cm³/mol. The lowest BCUT2D eigenvalue weighted by atomic mass is 9.86. The predicted octanol–water partition coefficient (Wildman–Crippen LogP) is 2.08. The summed E-state index contributed by atoms with van der Waals surface area (Å²) in [6.45, 7) is 0.424. The quantitative estimate of drug-likeness (QED) is 0.598. The lowest BCUT2D eigenvalue weighted by Gasteiger charge is -2.20. The number of carbonyl (C=O) groups is 1. The summed E-state index contributed by atoms with van der Waals surface area (Å²) in [4.78, 5) is 11.9. The van der Waals surface area contributed by atoms with Crippen LogP contribution in [0.15, 0.2) is 29.2 Å². The highest BCUT2D eigenvalue weighted by atomic mass is 32.2. The van der Waals surface area contributed by atoms with E-state index in [4.69, 9.17) is 14.6 Å². The summed E-state index contributed by atoms with van der Waals surface area (Å²) in [5.41, 5.74) is 0. The number of fused-ring (bicyclic) bond motifs is 2. The molecule has 1 aromatic carbocycles. The van der Waals surface area contributed by atoms with Gasteiger partial charge in [0.1, 0.15) is 19.0 Å². The first-order valence-corrected chi connectivity index (χ1v) is 9.88. The Balaban J connectivity index is 1.35. The van der Waals surface area contributed by atoms with Gasteiger partial charge in [-0.25, -0.2) is 13.6 Å². The monoisotopic (exact) mass is 353 g/mol. The molecule has 2 aliphatic rings. The Morgan fingerprint density at radius 2 is 1.88 bits per heavy atom. The van der Waals surface area contributed by atoms with Crippen LogP contribution in [0.1, 0.15) is 32.1 Å². The molecule has 2 saturated carbocycles. The van der Waals surface area contributed by atoms with E-state index in [1.807, 2.05) is 0 Å². The SMILES string of the molecule is NS(=O)(=O)c1ccc(OCCOC(=O)C[C@H]2C[C@H]3CC[C@@H]2C3)cc1. The van der Waals surface area contributed by atoms with Gasteiger partial charge in [-0.1, -0.05) is 6.42 Å². The number of nitrogens with two attached hydrogens (primary N) is 1. The van der Waals surface area contributed by atoms with E-state index in [0.717, 1.165) is 11.8 Å². The van der Waals surface area contributed by atoms with E-state index >= 15 is 0 Å². The molecule has 1 aromatic rings. The zero-order chi connectivity index (χ0) is 17.2. The number of sulfonamides is 1. The summed E-state index contributed by atoms with van der Waals surface area (Å²) in [6.07, 6.45) is 5.57. The van der Waals surface area contributed by atoms with Crippen molar-refractivity contribution in [1.29, 1.82) is 0 Å². The van der Waals surface area contributed by atoms with E-state index in [0.29, 0.717) is 18.1 Å². The van der Waals surface area contributed by atoms with Gasteiger partial charge in [-0.15, -0.1) is 0 Å².